The van der Waals surface area contributed by atoms with Crippen LogP contribution in [0.15, 0.2) is 23.0 Å². The Labute approximate surface area is 92.0 Å². The van der Waals surface area contributed by atoms with Crippen LogP contribution in [0.1, 0.15) is 0 Å². The molecular formula is C8H4N4O5. The summed E-state index contributed by atoms with van der Waals surface area (Å²) in [6, 6.07) is 3.88. The number of fused-ring (bicyclic) bond motifs is 1. The van der Waals surface area contributed by atoms with Crippen LogP contribution in [-0.2, 0) is 0 Å². The number of hydrogen-bond acceptors (Lipinski definition) is 6. The molecule has 0 aliphatic carbocycles. The number of nitro benzene ring substituents is 1. The van der Waals surface area contributed by atoms with Crippen molar-refractivity contribution in [1.82, 2.24) is 9.97 Å². The number of hydrogen-bond donors (Lipinski definition) is 1. The van der Waals surface area contributed by atoms with Gasteiger partial charge in [-0.15, -0.1) is 0 Å². The van der Waals surface area contributed by atoms with Gasteiger partial charge in [0.2, 0.25) is 0 Å². The Morgan fingerprint density at radius 1 is 1.18 bits per heavy atom. The van der Waals surface area contributed by atoms with Crippen molar-refractivity contribution in [3.05, 3.63) is 48.8 Å². The average molecular weight is 236 g/mol. The van der Waals surface area contributed by atoms with E-state index in [1.54, 1.807) is 0 Å². The minimum absolute atomic E-state index is 0.0785. The van der Waals surface area contributed by atoms with Crippen LogP contribution in [-0.4, -0.2) is 19.8 Å². The van der Waals surface area contributed by atoms with E-state index in [-0.39, 0.29) is 11.0 Å². The molecule has 0 saturated carbocycles. The zero-order chi connectivity index (χ0) is 12.6. The van der Waals surface area contributed by atoms with E-state index < -0.39 is 26.9 Å². The first-order valence-corrected chi connectivity index (χ1v) is 4.32. The molecular weight excluding hydrogens is 232 g/mol. The van der Waals surface area contributed by atoms with Gasteiger partial charge in [-0.1, -0.05) is 6.07 Å². The van der Waals surface area contributed by atoms with Gasteiger partial charge in [-0.05, 0) is 16.0 Å². The molecule has 0 fully saturated rings. The largest absolute Gasteiger partial charge is 0.430 e. The zero-order valence-electron chi connectivity index (χ0n) is 8.11. The number of nitrogens with one attached hydrogen (secondary N) is 1. The Hall–Kier alpha value is -2.84. The molecule has 0 spiro atoms. The van der Waals surface area contributed by atoms with Crippen molar-refractivity contribution >= 4 is 22.5 Å². The van der Waals surface area contributed by atoms with Crippen molar-refractivity contribution < 1.29 is 9.85 Å². The molecule has 86 valence electrons. The molecule has 0 bridgehead atoms. The molecule has 1 heterocycles. The number of rotatable bonds is 2. The van der Waals surface area contributed by atoms with Gasteiger partial charge < -0.3 is 15.1 Å². The molecule has 0 aliphatic rings. The van der Waals surface area contributed by atoms with E-state index in [0.717, 1.165) is 6.07 Å². The average Bonchev–Trinajstić information content (AvgIpc) is 2.26. The lowest BCUT2D eigenvalue weighted by Gasteiger charge is -1.95. The number of para-hydroxylation sites is 1. The highest BCUT2D eigenvalue weighted by atomic mass is 16.6. The molecule has 1 N–H and O–H groups in total. The van der Waals surface area contributed by atoms with Crippen LogP contribution in [0.3, 0.4) is 0 Å². The molecule has 0 saturated heterocycles. The Balaban J connectivity index is 2.90. The number of nitrogens with zero attached hydrogens (tertiary/aromatic N) is 3. The third-order valence-corrected chi connectivity index (χ3v) is 2.05. The second-order valence-electron chi connectivity index (χ2n) is 3.08. The molecule has 9 nitrogen and oxygen atoms in total. The third kappa shape index (κ3) is 1.69. The number of aromatic nitrogens is 2. The summed E-state index contributed by atoms with van der Waals surface area (Å²) in [6.45, 7) is 0. The normalized spacial score (nSPS) is 10.4. The fourth-order valence-electron chi connectivity index (χ4n) is 1.36. The molecule has 0 atom stereocenters. The van der Waals surface area contributed by atoms with Gasteiger partial charge in [-0.2, -0.15) is 0 Å². The Bertz CT molecular complexity index is 692. The van der Waals surface area contributed by atoms with Crippen molar-refractivity contribution in [3.8, 4) is 0 Å². The molecule has 0 amide bonds. The molecule has 1 aromatic heterocycles. The summed E-state index contributed by atoms with van der Waals surface area (Å²) in [4.78, 5) is 36.3. The van der Waals surface area contributed by atoms with E-state index >= 15 is 0 Å². The summed E-state index contributed by atoms with van der Waals surface area (Å²) < 4.78 is 0. The van der Waals surface area contributed by atoms with Gasteiger partial charge in [0.25, 0.3) is 5.52 Å². The van der Waals surface area contributed by atoms with Crippen molar-refractivity contribution in [2.75, 3.05) is 0 Å². The molecule has 17 heavy (non-hydrogen) atoms. The van der Waals surface area contributed by atoms with E-state index in [1.165, 1.54) is 12.1 Å². The summed E-state index contributed by atoms with van der Waals surface area (Å²) in [6.07, 6.45) is 0. The van der Waals surface area contributed by atoms with Gasteiger partial charge >= 0.3 is 17.1 Å². The molecule has 0 unspecified atom stereocenters. The monoisotopic (exact) mass is 236 g/mol. The van der Waals surface area contributed by atoms with E-state index in [9.17, 15) is 25.0 Å². The van der Waals surface area contributed by atoms with Crippen LogP contribution < -0.4 is 5.56 Å². The summed E-state index contributed by atoms with van der Waals surface area (Å²) in [7, 11) is 0. The first-order chi connectivity index (χ1) is 8.00. The van der Waals surface area contributed by atoms with E-state index in [1.807, 2.05) is 0 Å². The van der Waals surface area contributed by atoms with Crippen molar-refractivity contribution in [2.24, 2.45) is 0 Å². The van der Waals surface area contributed by atoms with E-state index in [2.05, 4.69) is 9.97 Å². The van der Waals surface area contributed by atoms with Crippen molar-refractivity contribution in [2.45, 2.75) is 0 Å². The molecule has 2 rings (SSSR count). The minimum Gasteiger partial charge on any atom is -0.358 e. The second-order valence-corrected chi connectivity index (χ2v) is 3.08. The van der Waals surface area contributed by atoms with Gasteiger partial charge in [-0.3, -0.25) is 14.9 Å². The van der Waals surface area contributed by atoms with Crippen LogP contribution in [0, 0.1) is 20.2 Å². The number of non-ortho nitro benzene ring substituents is 1. The number of aromatic amines is 1. The van der Waals surface area contributed by atoms with Crippen molar-refractivity contribution in [1.29, 1.82) is 0 Å². The molecule has 1 aromatic carbocycles. The number of benzene rings is 1. The fourth-order valence-corrected chi connectivity index (χ4v) is 1.36. The van der Waals surface area contributed by atoms with Crippen molar-refractivity contribution in [3.63, 3.8) is 0 Å². The lowest BCUT2D eigenvalue weighted by Crippen LogP contribution is -2.14. The maximum atomic E-state index is 11.2. The molecule has 2 aromatic rings. The predicted octanol–water partition coefficient (Wildman–Crippen LogP) is 0.739. The summed E-state index contributed by atoms with van der Waals surface area (Å²) in [5.74, 6) is -0.966. The fraction of sp³-hybridized carbons (Fsp3) is 0. The Morgan fingerprint density at radius 2 is 1.88 bits per heavy atom. The van der Waals surface area contributed by atoms with E-state index in [0.29, 0.717) is 0 Å². The van der Waals surface area contributed by atoms with Crippen LogP contribution in [0.2, 0.25) is 0 Å². The lowest BCUT2D eigenvalue weighted by molar-refractivity contribution is -0.391. The smallest absolute Gasteiger partial charge is 0.358 e. The third-order valence-electron chi connectivity index (χ3n) is 2.05. The van der Waals surface area contributed by atoms with Gasteiger partial charge in [0, 0.05) is 6.07 Å². The molecule has 9 heteroatoms. The summed E-state index contributed by atoms with van der Waals surface area (Å²) in [5, 5.41) is 21.2. The quantitative estimate of drug-likeness (QED) is 0.603. The molecule has 0 radical (unpaired) electrons. The first kappa shape index (κ1) is 10.7. The molecule has 0 aliphatic heterocycles. The van der Waals surface area contributed by atoms with Gasteiger partial charge in [0.1, 0.15) is 5.52 Å². The standard InChI is InChI=1S/C8H4N4O5/c13-8-7(12(16)17)10-6-4(9-8)2-1-3-5(6)11(14)15/h1-3H,(H,9,13). The van der Waals surface area contributed by atoms with Gasteiger partial charge in [0.15, 0.2) is 0 Å². The minimum atomic E-state index is -0.997. The lowest BCUT2D eigenvalue weighted by atomic mass is 10.2. The van der Waals surface area contributed by atoms with Crippen LogP contribution in [0.25, 0.3) is 11.0 Å². The summed E-state index contributed by atoms with van der Waals surface area (Å²) in [5.41, 5.74) is -1.54. The first-order valence-electron chi connectivity index (χ1n) is 4.32. The van der Waals surface area contributed by atoms with Gasteiger partial charge in [-0.25, -0.2) is 0 Å². The maximum Gasteiger partial charge on any atom is 0.430 e. The Morgan fingerprint density at radius 3 is 2.47 bits per heavy atom. The van der Waals surface area contributed by atoms with Crippen LogP contribution in [0.4, 0.5) is 11.5 Å². The van der Waals surface area contributed by atoms with Crippen LogP contribution >= 0.6 is 0 Å². The Kier molecular flexibility index (Phi) is 2.28. The highest BCUT2D eigenvalue weighted by Crippen LogP contribution is 2.21. The predicted molar refractivity (Wildman–Crippen MR) is 55.7 cm³/mol. The summed E-state index contributed by atoms with van der Waals surface area (Å²) >= 11 is 0. The zero-order valence-corrected chi connectivity index (χ0v) is 8.11. The maximum absolute atomic E-state index is 11.2. The highest BCUT2D eigenvalue weighted by Gasteiger charge is 2.23. The topological polar surface area (TPSA) is 132 Å². The number of H-pyrrole nitrogens is 1. The van der Waals surface area contributed by atoms with Crippen LogP contribution in [0.5, 0.6) is 0 Å². The van der Waals surface area contributed by atoms with E-state index in [4.69, 9.17) is 0 Å². The second kappa shape index (κ2) is 3.63. The highest BCUT2D eigenvalue weighted by molar-refractivity contribution is 5.84. The van der Waals surface area contributed by atoms with Gasteiger partial charge in [0.05, 0.1) is 4.92 Å². The SMILES string of the molecule is O=c1[nH]c2cccc([N+](=O)[O-])c2nc1[N+](=O)[O-]. The number of nitro groups is 2.